The van der Waals surface area contributed by atoms with Crippen molar-refractivity contribution >= 4 is 17.4 Å². The summed E-state index contributed by atoms with van der Waals surface area (Å²) in [6.45, 7) is 2.04. The normalized spacial score (nSPS) is 15.2. The van der Waals surface area contributed by atoms with Gasteiger partial charge in [0.25, 0.3) is 5.91 Å². The summed E-state index contributed by atoms with van der Waals surface area (Å²) < 4.78 is 0. The molecule has 2 N–H and O–H groups in total. The van der Waals surface area contributed by atoms with Gasteiger partial charge in [0, 0.05) is 11.7 Å². The molecule has 1 amide bonds. The van der Waals surface area contributed by atoms with Crippen molar-refractivity contribution < 1.29 is 4.79 Å². The second kappa shape index (κ2) is 7.22. The van der Waals surface area contributed by atoms with E-state index in [-0.39, 0.29) is 11.9 Å². The molecule has 2 aromatic rings. The molecule has 5 nitrogen and oxygen atoms in total. The van der Waals surface area contributed by atoms with Crippen molar-refractivity contribution in [3.05, 3.63) is 47.9 Å². The van der Waals surface area contributed by atoms with Crippen LogP contribution in [-0.2, 0) is 0 Å². The summed E-state index contributed by atoms with van der Waals surface area (Å²) in [5, 5.41) is 6.24. The number of hydrogen-bond acceptors (Lipinski definition) is 4. The average Bonchev–Trinajstić information content (AvgIpc) is 2.56. The van der Waals surface area contributed by atoms with Crippen molar-refractivity contribution in [2.75, 3.05) is 5.32 Å². The molecular formula is C18H22N4O. The molecule has 0 saturated heterocycles. The second-order valence-electron chi connectivity index (χ2n) is 6.09. The Hall–Kier alpha value is -2.43. The number of hydrogen-bond donors (Lipinski definition) is 2. The molecule has 1 aromatic heterocycles. The standard InChI is InChI=1S/C18H22N4O/c1-13-6-5-9-15(10-13)21-17-12-19-16(11-20-17)18(23)22-14-7-3-2-4-8-14/h5-6,9-12,14H,2-4,7-8H2,1H3,(H,20,21)(H,22,23). The Balaban J connectivity index is 1.61. The van der Waals surface area contributed by atoms with Gasteiger partial charge in [-0.25, -0.2) is 9.97 Å². The number of rotatable bonds is 4. The highest BCUT2D eigenvalue weighted by atomic mass is 16.1. The molecule has 120 valence electrons. The van der Waals surface area contributed by atoms with Gasteiger partial charge in [0.15, 0.2) is 0 Å². The van der Waals surface area contributed by atoms with Crippen LogP contribution in [0.4, 0.5) is 11.5 Å². The lowest BCUT2D eigenvalue weighted by Gasteiger charge is -2.22. The van der Waals surface area contributed by atoms with Gasteiger partial charge in [0.05, 0.1) is 12.4 Å². The van der Waals surface area contributed by atoms with Crippen LogP contribution in [0.5, 0.6) is 0 Å². The third-order valence-corrected chi connectivity index (χ3v) is 4.12. The van der Waals surface area contributed by atoms with Gasteiger partial charge >= 0.3 is 0 Å². The number of nitrogens with one attached hydrogen (secondary N) is 2. The number of carbonyl (C=O) groups is 1. The van der Waals surface area contributed by atoms with E-state index in [0.717, 1.165) is 18.5 Å². The number of nitrogens with zero attached hydrogens (tertiary/aromatic N) is 2. The highest BCUT2D eigenvalue weighted by Gasteiger charge is 2.17. The minimum atomic E-state index is -0.133. The van der Waals surface area contributed by atoms with E-state index < -0.39 is 0 Å². The van der Waals surface area contributed by atoms with E-state index in [4.69, 9.17) is 0 Å². The van der Waals surface area contributed by atoms with Gasteiger partial charge in [0.2, 0.25) is 0 Å². The molecule has 1 fully saturated rings. The molecule has 23 heavy (non-hydrogen) atoms. The smallest absolute Gasteiger partial charge is 0.271 e. The number of aryl methyl sites for hydroxylation is 1. The topological polar surface area (TPSA) is 66.9 Å². The minimum absolute atomic E-state index is 0.133. The quantitative estimate of drug-likeness (QED) is 0.905. The number of amides is 1. The molecule has 3 rings (SSSR count). The first-order chi connectivity index (χ1) is 11.2. The van der Waals surface area contributed by atoms with Crippen LogP contribution >= 0.6 is 0 Å². The number of benzene rings is 1. The van der Waals surface area contributed by atoms with E-state index >= 15 is 0 Å². The Morgan fingerprint density at radius 1 is 1.13 bits per heavy atom. The summed E-state index contributed by atoms with van der Waals surface area (Å²) in [4.78, 5) is 20.7. The molecule has 1 aliphatic carbocycles. The summed E-state index contributed by atoms with van der Waals surface area (Å²) in [5.74, 6) is 0.497. The zero-order valence-corrected chi connectivity index (χ0v) is 13.4. The Morgan fingerprint density at radius 3 is 2.65 bits per heavy atom. The predicted octanol–water partition coefficient (Wildman–Crippen LogP) is 3.59. The maximum atomic E-state index is 12.2. The van der Waals surface area contributed by atoms with E-state index in [0.29, 0.717) is 11.5 Å². The highest BCUT2D eigenvalue weighted by molar-refractivity contribution is 5.92. The summed E-state index contributed by atoms with van der Waals surface area (Å²) in [5.41, 5.74) is 2.50. The molecule has 0 atom stereocenters. The molecule has 0 bridgehead atoms. The van der Waals surface area contributed by atoms with E-state index in [2.05, 4.69) is 20.6 Å². The fourth-order valence-electron chi connectivity index (χ4n) is 2.89. The fourth-order valence-corrected chi connectivity index (χ4v) is 2.89. The van der Waals surface area contributed by atoms with Crippen LogP contribution in [-0.4, -0.2) is 21.9 Å². The van der Waals surface area contributed by atoms with Gasteiger partial charge in [-0.05, 0) is 37.5 Å². The van der Waals surface area contributed by atoms with Crippen molar-refractivity contribution in [3.8, 4) is 0 Å². The lowest BCUT2D eigenvalue weighted by Crippen LogP contribution is -2.36. The summed E-state index contributed by atoms with van der Waals surface area (Å²) in [6.07, 6.45) is 8.89. The molecule has 1 heterocycles. The SMILES string of the molecule is Cc1cccc(Nc2cnc(C(=O)NC3CCCCC3)cn2)c1. The molecule has 0 radical (unpaired) electrons. The van der Waals surface area contributed by atoms with Crippen molar-refractivity contribution in [1.29, 1.82) is 0 Å². The molecule has 1 aromatic carbocycles. The minimum Gasteiger partial charge on any atom is -0.348 e. The highest BCUT2D eigenvalue weighted by Crippen LogP contribution is 2.18. The second-order valence-corrected chi connectivity index (χ2v) is 6.09. The van der Waals surface area contributed by atoms with Crippen molar-refractivity contribution in [2.24, 2.45) is 0 Å². The van der Waals surface area contributed by atoms with Crippen LogP contribution in [0, 0.1) is 6.92 Å². The maximum Gasteiger partial charge on any atom is 0.271 e. The fraction of sp³-hybridized carbons (Fsp3) is 0.389. The van der Waals surface area contributed by atoms with Gasteiger partial charge in [-0.3, -0.25) is 4.79 Å². The molecule has 0 spiro atoms. The largest absolute Gasteiger partial charge is 0.348 e. The third-order valence-electron chi connectivity index (χ3n) is 4.12. The van der Waals surface area contributed by atoms with Crippen molar-refractivity contribution in [1.82, 2.24) is 15.3 Å². The molecule has 0 unspecified atom stereocenters. The van der Waals surface area contributed by atoms with Gasteiger partial charge < -0.3 is 10.6 Å². The van der Waals surface area contributed by atoms with E-state index in [1.807, 2.05) is 31.2 Å². The first kappa shape index (κ1) is 15.5. The van der Waals surface area contributed by atoms with Gasteiger partial charge in [-0.2, -0.15) is 0 Å². The summed E-state index contributed by atoms with van der Waals surface area (Å²) in [6, 6.07) is 8.30. The van der Waals surface area contributed by atoms with Gasteiger partial charge in [0.1, 0.15) is 11.5 Å². The van der Waals surface area contributed by atoms with E-state index in [1.165, 1.54) is 31.0 Å². The lowest BCUT2D eigenvalue weighted by molar-refractivity contribution is 0.0922. The summed E-state index contributed by atoms with van der Waals surface area (Å²) >= 11 is 0. The van der Waals surface area contributed by atoms with Crippen LogP contribution in [0.15, 0.2) is 36.7 Å². The molecule has 1 saturated carbocycles. The molecule has 0 aliphatic heterocycles. The first-order valence-corrected chi connectivity index (χ1v) is 8.17. The van der Waals surface area contributed by atoms with Crippen LogP contribution in [0.2, 0.25) is 0 Å². The first-order valence-electron chi connectivity index (χ1n) is 8.17. The molecule has 1 aliphatic rings. The molecule has 5 heteroatoms. The van der Waals surface area contributed by atoms with Crippen LogP contribution in [0.1, 0.15) is 48.2 Å². The van der Waals surface area contributed by atoms with Crippen LogP contribution in [0.25, 0.3) is 0 Å². The van der Waals surface area contributed by atoms with Gasteiger partial charge in [-0.1, -0.05) is 31.4 Å². The Kier molecular flexibility index (Phi) is 4.86. The Bertz CT molecular complexity index is 663. The average molecular weight is 310 g/mol. The summed E-state index contributed by atoms with van der Waals surface area (Å²) in [7, 11) is 0. The number of anilines is 2. The van der Waals surface area contributed by atoms with Crippen molar-refractivity contribution in [3.63, 3.8) is 0 Å². The third kappa shape index (κ3) is 4.28. The maximum absolute atomic E-state index is 12.2. The van der Waals surface area contributed by atoms with Crippen LogP contribution in [0.3, 0.4) is 0 Å². The lowest BCUT2D eigenvalue weighted by atomic mass is 9.95. The van der Waals surface area contributed by atoms with Crippen LogP contribution < -0.4 is 10.6 Å². The Labute approximate surface area is 136 Å². The monoisotopic (exact) mass is 310 g/mol. The zero-order chi connectivity index (χ0) is 16.1. The Morgan fingerprint density at radius 2 is 1.96 bits per heavy atom. The van der Waals surface area contributed by atoms with Gasteiger partial charge in [-0.15, -0.1) is 0 Å². The van der Waals surface area contributed by atoms with E-state index in [9.17, 15) is 4.79 Å². The number of aromatic nitrogens is 2. The van der Waals surface area contributed by atoms with Crippen molar-refractivity contribution in [2.45, 2.75) is 45.1 Å². The van der Waals surface area contributed by atoms with E-state index in [1.54, 1.807) is 6.20 Å². The zero-order valence-electron chi connectivity index (χ0n) is 13.4. The number of carbonyl (C=O) groups excluding carboxylic acids is 1. The molecular weight excluding hydrogens is 288 g/mol. The predicted molar refractivity (Wildman–Crippen MR) is 90.8 cm³/mol.